The SMILES string of the molecule is CC1CN(c2ccc(Br)cc2C(=N)N)CC1N(C)C. The van der Waals surface area contributed by atoms with Crippen LogP contribution < -0.4 is 10.6 Å². The summed E-state index contributed by atoms with van der Waals surface area (Å²) in [4.78, 5) is 4.61. The van der Waals surface area contributed by atoms with Crippen LogP contribution in [0.1, 0.15) is 12.5 Å². The van der Waals surface area contributed by atoms with Crippen LogP contribution in [0.2, 0.25) is 0 Å². The van der Waals surface area contributed by atoms with E-state index in [9.17, 15) is 0 Å². The first-order chi connectivity index (χ1) is 8.90. The van der Waals surface area contributed by atoms with E-state index in [2.05, 4.69) is 46.7 Å². The van der Waals surface area contributed by atoms with Gasteiger partial charge in [-0.1, -0.05) is 22.9 Å². The molecule has 3 N–H and O–H groups in total. The summed E-state index contributed by atoms with van der Waals surface area (Å²) >= 11 is 3.44. The molecule has 5 heteroatoms. The second-order valence-corrected chi connectivity index (χ2v) is 6.40. The van der Waals surface area contributed by atoms with Gasteiger partial charge in [0.05, 0.1) is 0 Å². The Bertz CT molecular complexity index is 486. The lowest BCUT2D eigenvalue weighted by molar-refractivity contribution is 0.266. The lowest BCUT2D eigenvalue weighted by Gasteiger charge is -2.24. The largest absolute Gasteiger partial charge is 0.384 e. The molecule has 1 fully saturated rings. The van der Waals surface area contributed by atoms with Crippen LogP contribution in [0.15, 0.2) is 22.7 Å². The van der Waals surface area contributed by atoms with Crippen molar-refractivity contribution in [3.05, 3.63) is 28.2 Å². The zero-order chi connectivity index (χ0) is 14.2. The molecule has 0 radical (unpaired) electrons. The monoisotopic (exact) mass is 324 g/mol. The van der Waals surface area contributed by atoms with E-state index in [1.165, 1.54) is 0 Å². The number of halogens is 1. The number of rotatable bonds is 3. The van der Waals surface area contributed by atoms with Crippen LogP contribution >= 0.6 is 15.9 Å². The minimum Gasteiger partial charge on any atom is -0.384 e. The van der Waals surface area contributed by atoms with Crippen molar-refractivity contribution in [2.45, 2.75) is 13.0 Å². The fourth-order valence-electron chi connectivity index (χ4n) is 2.82. The maximum atomic E-state index is 7.74. The van der Waals surface area contributed by atoms with Crippen molar-refractivity contribution in [3.63, 3.8) is 0 Å². The third kappa shape index (κ3) is 2.92. The van der Waals surface area contributed by atoms with Gasteiger partial charge in [-0.25, -0.2) is 0 Å². The van der Waals surface area contributed by atoms with E-state index in [0.717, 1.165) is 28.8 Å². The second kappa shape index (κ2) is 5.51. The minimum absolute atomic E-state index is 0.122. The molecule has 1 heterocycles. The lowest BCUT2D eigenvalue weighted by Crippen LogP contribution is -2.34. The Kier molecular flexibility index (Phi) is 4.16. The standard InChI is InChI=1S/C14H21BrN4/c1-9-7-19(8-13(9)18(2)3)12-5-4-10(15)6-11(12)14(16)17/h4-6,9,13H,7-8H2,1-3H3,(H3,16,17). The Hall–Kier alpha value is -1.07. The van der Waals surface area contributed by atoms with Crippen LogP contribution in [0.3, 0.4) is 0 Å². The molecule has 1 aliphatic rings. The maximum Gasteiger partial charge on any atom is 0.124 e. The molecule has 104 valence electrons. The Morgan fingerprint density at radius 2 is 2.11 bits per heavy atom. The number of anilines is 1. The van der Waals surface area contributed by atoms with E-state index in [0.29, 0.717) is 12.0 Å². The second-order valence-electron chi connectivity index (χ2n) is 5.49. The van der Waals surface area contributed by atoms with Crippen LogP contribution in [0, 0.1) is 11.3 Å². The number of hydrogen-bond acceptors (Lipinski definition) is 3. The number of amidine groups is 1. The highest BCUT2D eigenvalue weighted by atomic mass is 79.9. The summed E-state index contributed by atoms with van der Waals surface area (Å²) in [5, 5.41) is 7.74. The van der Waals surface area contributed by atoms with E-state index in [-0.39, 0.29) is 5.84 Å². The normalized spacial score (nSPS) is 23.1. The molecule has 4 nitrogen and oxygen atoms in total. The number of hydrogen-bond donors (Lipinski definition) is 2. The highest BCUT2D eigenvalue weighted by Crippen LogP contribution is 2.30. The quantitative estimate of drug-likeness (QED) is 0.661. The van der Waals surface area contributed by atoms with Crippen LogP contribution in [0.5, 0.6) is 0 Å². The molecule has 0 aliphatic carbocycles. The van der Waals surface area contributed by atoms with Gasteiger partial charge >= 0.3 is 0 Å². The first-order valence-electron chi connectivity index (χ1n) is 6.45. The van der Waals surface area contributed by atoms with Gasteiger partial charge in [0, 0.05) is 34.9 Å². The average molecular weight is 325 g/mol. The third-order valence-electron chi connectivity index (χ3n) is 3.83. The lowest BCUT2D eigenvalue weighted by atomic mass is 10.1. The third-order valence-corrected chi connectivity index (χ3v) is 4.32. The Morgan fingerprint density at radius 1 is 1.42 bits per heavy atom. The highest BCUT2D eigenvalue weighted by molar-refractivity contribution is 9.10. The summed E-state index contributed by atoms with van der Waals surface area (Å²) < 4.78 is 0.956. The van der Waals surface area contributed by atoms with E-state index >= 15 is 0 Å². The Morgan fingerprint density at radius 3 is 2.63 bits per heavy atom. The number of benzene rings is 1. The molecule has 2 unspecified atom stereocenters. The van der Waals surface area contributed by atoms with E-state index < -0.39 is 0 Å². The minimum atomic E-state index is 0.122. The molecule has 1 aliphatic heterocycles. The number of nitrogens with two attached hydrogens (primary N) is 1. The van der Waals surface area contributed by atoms with Gasteiger partial charge in [0.15, 0.2) is 0 Å². The first-order valence-corrected chi connectivity index (χ1v) is 7.24. The summed E-state index contributed by atoms with van der Waals surface area (Å²) in [5.74, 6) is 0.732. The maximum absolute atomic E-state index is 7.74. The van der Waals surface area contributed by atoms with Gasteiger partial charge in [-0.05, 0) is 38.2 Å². The van der Waals surface area contributed by atoms with E-state index in [4.69, 9.17) is 11.1 Å². The molecule has 0 aromatic heterocycles. The number of nitrogens with zero attached hydrogens (tertiary/aromatic N) is 2. The Balaban J connectivity index is 2.31. The van der Waals surface area contributed by atoms with Crippen molar-refractivity contribution in [1.82, 2.24) is 4.90 Å². The summed E-state index contributed by atoms with van der Waals surface area (Å²) in [6.45, 7) is 4.26. The number of likely N-dealkylation sites (N-methyl/N-ethyl adjacent to an activating group) is 1. The zero-order valence-corrected chi connectivity index (χ0v) is 13.2. The topological polar surface area (TPSA) is 56.4 Å². The van der Waals surface area contributed by atoms with Crippen LogP contribution in [0.25, 0.3) is 0 Å². The van der Waals surface area contributed by atoms with Crippen molar-refractivity contribution >= 4 is 27.5 Å². The van der Waals surface area contributed by atoms with Gasteiger partial charge in [-0.3, -0.25) is 5.41 Å². The first kappa shape index (κ1) is 14.3. The predicted molar refractivity (Wildman–Crippen MR) is 84.0 cm³/mol. The fraction of sp³-hybridized carbons (Fsp3) is 0.500. The summed E-state index contributed by atoms with van der Waals surface area (Å²) in [6.07, 6.45) is 0. The number of nitrogen functional groups attached to an aromatic ring is 1. The van der Waals surface area contributed by atoms with Crippen molar-refractivity contribution < 1.29 is 0 Å². The molecule has 0 spiro atoms. The summed E-state index contributed by atoms with van der Waals surface area (Å²) in [6, 6.07) is 6.52. The van der Waals surface area contributed by atoms with Crippen molar-refractivity contribution in [2.24, 2.45) is 11.7 Å². The molecule has 2 rings (SSSR count). The smallest absolute Gasteiger partial charge is 0.124 e. The molecule has 1 aromatic rings. The van der Waals surface area contributed by atoms with Gasteiger partial charge in [-0.15, -0.1) is 0 Å². The molecule has 0 saturated carbocycles. The molecule has 1 saturated heterocycles. The Labute approximate surface area is 123 Å². The predicted octanol–water partition coefficient (Wildman–Crippen LogP) is 2.12. The van der Waals surface area contributed by atoms with Gasteiger partial charge in [0.1, 0.15) is 5.84 Å². The molecule has 19 heavy (non-hydrogen) atoms. The van der Waals surface area contributed by atoms with E-state index in [1.54, 1.807) is 0 Å². The fourth-order valence-corrected chi connectivity index (χ4v) is 3.18. The van der Waals surface area contributed by atoms with Crippen molar-refractivity contribution in [1.29, 1.82) is 5.41 Å². The molecule has 0 bridgehead atoms. The summed E-state index contributed by atoms with van der Waals surface area (Å²) in [5.41, 5.74) is 7.57. The number of nitrogens with one attached hydrogen (secondary N) is 1. The zero-order valence-electron chi connectivity index (χ0n) is 11.7. The average Bonchev–Trinajstić information content (AvgIpc) is 2.71. The van der Waals surface area contributed by atoms with Crippen LogP contribution in [0.4, 0.5) is 5.69 Å². The van der Waals surface area contributed by atoms with Crippen molar-refractivity contribution in [3.8, 4) is 0 Å². The van der Waals surface area contributed by atoms with E-state index in [1.807, 2.05) is 18.2 Å². The summed E-state index contributed by atoms with van der Waals surface area (Å²) in [7, 11) is 4.25. The highest BCUT2D eigenvalue weighted by Gasteiger charge is 2.32. The van der Waals surface area contributed by atoms with Gasteiger partial charge in [-0.2, -0.15) is 0 Å². The van der Waals surface area contributed by atoms with Crippen LogP contribution in [-0.4, -0.2) is 44.0 Å². The van der Waals surface area contributed by atoms with Gasteiger partial charge in [0.2, 0.25) is 0 Å². The molecular formula is C14H21BrN4. The van der Waals surface area contributed by atoms with Crippen molar-refractivity contribution in [2.75, 3.05) is 32.1 Å². The van der Waals surface area contributed by atoms with Gasteiger partial charge < -0.3 is 15.5 Å². The van der Waals surface area contributed by atoms with Crippen LogP contribution in [-0.2, 0) is 0 Å². The molecule has 0 amide bonds. The molecular weight excluding hydrogens is 304 g/mol. The molecule has 1 aromatic carbocycles. The van der Waals surface area contributed by atoms with Gasteiger partial charge in [0.25, 0.3) is 0 Å². The molecule has 2 atom stereocenters.